The van der Waals surface area contributed by atoms with Crippen LogP contribution in [0.15, 0.2) is 60.7 Å². The molecule has 0 amide bonds. The minimum absolute atomic E-state index is 0.139. The molecule has 0 aromatic heterocycles. The van der Waals surface area contributed by atoms with Crippen LogP contribution in [0.2, 0.25) is 0 Å². The molecule has 2 aromatic carbocycles. The number of benzene rings is 2. The summed E-state index contributed by atoms with van der Waals surface area (Å²) in [6, 6.07) is 18.1. The van der Waals surface area contributed by atoms with E-state index in [2.05, 4.69) is 0 Å². The van der Waals surface area contributed by atoms with Crippen LogP contribution in [0.3, 0.4) is 0 Å². The highest BCUT2D eigenvalue weighted by Gasteiger charge is 2.48. The fraction of sp³-hybridized carbons (Fsp3) is 0.455. The molecule has 186 valence electrons. The molecule has 2 heterocycles. The fourth-order valence-corrected chi connectivity index (χ4v) is 5.08. The van der Waals surface area contributed by atoms with Crippen molar-refractivity contribution in [1.29, 1.82) is 0 Å². The van der Waals surface area contributed by atoms with Crippen LogP contribution in [-0.2, 0) is 47.5 Å². The molecule has 0 saturated carbocycles. The maximum absolute atomic E-state index is 11.9. The quantitative estimate of drug-likeness (QED) is 0.506. The van der Waals surface area contributed by atoms with Crippen molar-refractivity contribution in [3.63, 3.8) is 0 Å². The van der Waals surface area contributed by atoms with Crippen molar-refractivity contribution < 1.29 is 44.1 Å². The monoisotopic (exact) mass is 514 g/mol. The van der Waals surface area contributed by atoms with E-state index in [1.807, 2.05) is 36.4 Å². The van der Waals surface area contributed by atoms with Crippen LogP contribution in [0, 0.1) is 0 Å². The van der Waals surface area contributed by atoms with Gasteiger partial charge in [-0.05, 0) is 0 Å². The predicted octanol–water partition coefficient (Wildman–Crippen LogP) is 1.90. The topological polar surface area (TPSA) is 124 Å². The van der Waals surface area contributed by atoms with Gasteiger partial charge in [0.05, 0.1) is 25.7 Å². The van der Waals surface area contributed by atoms with Gasteiger partial charge in [0.15, 0.2) is 12.6 Å². The third kappa shape index (κ3) is 6.61. The Morgan fingerprint density at radius 3 is 1.32 bits per heavy atom. The number of ether oxygens (including phenoxy) is 4. The summed E-state index contributed by atoms with van der Waals surface area (Å²) in [4.78, 5) is 0. The standard InChI is InChI=1S/C22H26O10S2/c1-33(23,24)31-17-13-27-21(15-9-5-3-6-10-15)29-19(17)20-18(32-34(2,25)26)14-28-22(30-20)16-11-7-4-8-12-16/h3-12,17-22H,13-14H2,1-2H3/t17-,18-,19+,20+,21+,22+/m1/s1. The van der Waals surface area contributed by atoms with Gasteiger partial charge in [-0.1, -0.05) is 60.7 Å². The largest absolute Gasteiger partial charge is 0.346 e. The van der Waals surface area contributed by atoms with E-state index in [0.717, 1.165) is 12.5 Å². The van der Waals surface area contributed by atoms with Gasteiger partial charge < -0.3 is 18.9 Å². The molecule has 0 bridgehead atoms. The molecule has 0 N–H and O–H groups in total. The van der Waals surface area contributed by atoms with Crippen LogP contribution in [0.25, 0.3) is 0 Å². The minimum atomic E-state index is -3.90. The molecular formula is C22H26O10S2. The van der Waals surface area contributed by atoms with E-state index in [9.17, 15) is 16.8 Å². The van der Waals surface area contributed by atoms with Crippen molar-refractivity contribution in [1.82, 2.24) is 0 Å². The Labute approximate surface area is 198 Å². The van der Waals surface area contributed by atoms with Crippen LogP contribution < -0.4 is 0 Å². The van der Waals surface area contributed by atoms with Crippen molar-refractivity contribution in [3.05, 3.63) is 71.8 Å². The molecule has 2 aliphatic rings. The summed E-state index contributed by atoms with van der Waals surface area (Å²) < 4.78 is 82.0. The maximum atomic E-state index is 11.9. The summed E-state index contributed by atoms with van der Waals surface area (Å²) in [5.41, 5.74) is 1.38. The highest BCUT2D eigenvalue weighted by molar-refractivity contribution is 7.86. The van der Waals surface area contributed by atoms with Crippen molar-refractivity contribution >= 4 is 20.2 Å². The summed E-state index contributed by atoms with van der Waals surface area (Å²) in [6.45, 7) is -0.279. The summed E-state index contributed by atoms with van der Waals surface area (Å²) >= 11 is 0. The zero-order valence-corrected chi connectivity index (χ0v) is 20.2. The summed E-state index contributed by atoms with van der Waals surface area (Å²) in [7, 11) is -7.80. The van der Waals surface area contributed by atoms with Gasteiger partial charge >= 0.3 is 0 Å². The van der Waals surface area contributed by atoms with Crippen molar-refractivity contribution in [2.24, 2.45) is 0 Å². The molecule has 10 nitrogen and oxygen atoms in total. The molecule has 4 rings (SSSR count). The molecular weight excluding hydrogens is 488 g/mol. The first kappa shape index (κ1) is 25.2. The Balaban J connectivity index is 1.67. The molecule has 2 saturated heterocycles. The Bertz CT molecular complexity index is 1060. The molecule has 34 heavy (non-hydrogen) atoms. The Morgan fingerprint density at radius 1 is 0.647 bits per heavy atom. The second-order valence-corrected chi connectivity index (χ2v) is 11.2. The first-order chi connectivity index (χ1) is 16.1. The molecule has 0 unspecified atom stereocenters. The number of hydrogen-bond donors (Lipinski definition) is 0. The molecule has 2 fully saturated rings. The molecule has 2 aliphatic heterocycles. The van der Waals surface area contributed by atoms with Crippen LogP contribution in [0.1, 0.15) is 23.7 Å². The van der Waals surface area contributed by atoms with Crippen LogP contribution in [0.5, 0.6) is 0 Å². The Hall–Kier alpha value is -1.90. The third-order valence-corrected chi connectivity index (χ3v) is 6.38. The van der Waals surface area contributed by atoms with Crippen molar-refractivity contribution in [3.8, 4) is 0 Å². The van der Waals surface area contributed by atoms with E-state index < -0.39 is 57.2 Å². The van der Waals surface area contributed by atoms with Crippen LogP contribution in [0.4, 0.5) is 0 Å². The lowest BCUT2D eigenvalue weighted by Crippen LogP contribution is -2.57. The fourth-order valence-electron chi connectivity index (χ4n) is 3.86. The number of hydrogen-bond acceptors (Lipinski definition) is 10. The first-order valence-electron chi connectivity index (χ1n) is 10.5. The smallest absolute Gasteiger partial charge is 0.264 e. The van der Waals surface area contributed by atoms with Crippen molar-refractivity contribution in [2.75, 3.05) is 25.7 Å². The van der Waals surface area contributed by atoms with E-state index in [0.29, 0.717) is 11.1 Å². The summed E-state index contributed by atoms with van der Waals surface area (Å²) in [5.74, 6) is 0. The van der Waals surface area contributed by atoms with Gasteiger partial charge in [-0.15, -0.1) is 0 Å². The normalized spacial score (nSPS) is 30.6. The minimum Gasteiger partial charge on any atom is -0.346 e. The molecule has 6 atom stereocenters. The molecule has 0 radical (unpaired) electrons. The predicted molar refractivity (Wildman–Crippen MR) is 119 cm³/mol. The number of rotatable bonds is 7. The highest BCUT2D eigenvalue weighted by Crippen LogP contribution is 2.37. The van der Waals surface area contributed by atoms with E-state index in [1.54, 1.807) is 24.3 Å². The van der Waals surface area contributed by atoms with E-state index in [4.69, 9.17) is 27.3 Å². The van der Waals surface area contributed by atoms with Crippen LogP contribution >= 0.6 is 0 Å². The SMILES string of the molecule is CS(=O)(=O)O[C@@H]1CO[C@H](c2ccccc2)O[C@@H]1[C@H]1O[C@@H](c2ccccc2)OC[C@H]1OS(C)(=O)=O. The average molecular weight is 515 g/mol. The van der Waals surface area contributed by atoms with Gasteiger partial charge in [-0.25, -0.2) is 0 Å². The van der Waals surface area contributed by atoms with Gasteiger partial charge in [0.25, 0.3) is 20.2 Å². The Kier molecular flexibility index (Phi) is 7.69. The van der Waals surface area contributed by atoms with E-state index in [1.165, 1.54) is 0 Å². The summed E-state index contributed by atoms with van der Waals surface area (Å²) in [6.07, 6.45) is -4.23. The van der Waals surface area contributed by atoms with Gasteiger partial charge in [0, 0.05) is 11.1 Å². The third-order valence-electron chi connectivity index (χ3n) is 5.18. The van der Waals surface area contributed by atoms with E-state index in [-0.39, 0.29) is 13.2 Å². The van der Waals surface area contributed by atoms with Crippen molar-refractivity contribution in [2.45, 2.75) is 37.0 Å². The zero-order valence-electron chi connectivity index (χ0n) is 18.6. The summed E-state index contributed by atoms with van der Waals surface area (Å²) in [5, 5.41) is 0. The Morgan fingerprint density at radius 2 is 1.00 bits per heavy atom. The molecule has 2 aromatic rings. The molecule has 0 spiro atoms. The average Bonchev–Trinajstić information content (AvgIpc) is 2.79. The lowest BCUT2D eigenvalue weighted by molar-refractivity contribution is -0.325. The van der Waals surface area contributed by atoms with E-state index >= 15 is 0 Å². The maximum Gasteiger partial charge on any atom is 0.264 e. The van der Waals surface area contributed by atoms with Gasteiger partial charge in [-0.3, -0.25) is 8.37 Å². The highest BCUT2D eigenvalue weighted by atomic mass is 32.2. The van der Waals surface area contributed by atoms with Gasteiger partial charge in [0.2, 0.25) is 0 Å². The second kappa shape index (κ2) is 10.4. The molecule has 12 heteroatoms. The van der Waals surface area contributed by atoms with Gasteiger partial charge in [0.1, 0.15) is 24.4 Å². The first-order valence-corrected chi connectivity index (χ1v) is 14.1. The zero-order chi connectivity index (χ0) is 24.3. The molecule has 0 aliphatic carbocycles. The second-order valence-electron chi connectivity index (χ2n) is 8.03. The lowest BCUT2D eigenvalue weighted by atomic mass is 10.0. The lowest BCUT2D eigenvalue weighted by Gasteiger charge is -2.44. The van der Waals surface area contributed by atoms with Gasteiger partial charge in [-0.2, -0.15) is 16.8 Å². The van der Waals surface area contributed by atoms with Crippen LogP contribution in [-0.4, -0.2) is 67.0 Å².